The van der Waals surface area contributed by atoms with Gasteiger partial charge >= 0.3 is 0 Å². The quantitative estimate of drug-likeness (QED) is 0.657. The molecule has 1 unspecified atom stereocenters. The molecule has 2 aromatic carbocycles. The van der Waals surface area contributed by atoms with Crippen LogP contribution in [0.15, 0.2) is 54.6 Å². The Morgan fingerprint density at radius 3 is 2.40 bits per heavy atom. The van der Waals surface area contributed by atoms with Crippen molar-refractivity contribution in [2.75, 3.05) is 12.5 Å². The van der Waals surface area contributed by atoms with Crippen LogP contribution < -0.4 is 0 Å². The molecule has 0 spiro atoms. The first-order valence-electron chi connectivity index (χ1n) is 6.70. The van der Waals surface area contributed by atoms with E-state index in [1.54, 1.807) is 0 Å². The number of rotatable bonds is 7. The lowest BCUT2D eigenvalue weighted by atomic mass is 10.0. The molecule has 20 heavy (non-hydrogen) atoms. The Balaban J connectivity index is 1.80. The number of halogens is 2. The molecule has 0 fully saturated rings. The first kappa shape index (κ1) is 15.4. The van der Waals surface area contributed by atoms with Gasteiger partial charge in [-0.25, -0.2) is 0 Å². The summed E-state index contributed by atoms with van der Waals surface area (Å²) in [5, 5.41) is 0.765. The molecule has 0 saturated heterocycles. The summed E-state index contributed by atoms with van der Waals surface area (Å²) >= 11 is 12.0. The van der Waals surface area contributed by atoms with E-state index >= 15 is 0 Å². The smallest absolute Gasteiger partial charge is 0.0717 e. The normalized spacial score (nSPS) is 12.3. The monoisotopic (exact) mass is 308 g/mol. The second-order valence-electron chi connectivity index (χ2n) is 4.86. The van der Waals surface area contributed by atoms with Gasteiger partial charge < -0.3 is 4.74 Å². The van der Waals surface area contributed by atoms with Gasteiger partial charge in [0.25, 0.3) is 0 Å². The molecular formula is C17H18Cl2O. The molecule has 106 valence electrons. The lowest BCUT2D eigenvalue weighted by Gasteiger charge is -2.14. The maximum Gasteiger partial charge on any atom is 0.0717 e. The Labute approximate surface area is 130 Å². The Bertz CT molecular complexity index is 513. The number of hydrogen-bond acceptors (Lipinski definition) is 1. The van der Waals surface area contributed by atoms with Gasteiger partial charge in [0.1, 0.15) is 0 Å². The molecule has 1 nitrogen and oxygen atoms in total. The van der Waals surface area contributed by atoms with Crippen molar-refractivity contribution in [2.45, 2.75) is 13.0 Å². The van der Waals surface area contributed by atoms with Crippen LogP contribution in [0.2, 0.25) is 5.02 Å². The van der Waals surface area contributed by atoms with Gasteiger partial charge in [0.2, 0.25) is 0 Å². The zero-order valence-corrected chi connectivity index (χ0v) is 12.8. The van der Waals surface area contributed by atoms with E-state index in [1.165, 1.54) is 11.1 Å². The zero-order chi connectivity index (χ0) is 14.2. The molecule has 0 N–H and O–H groups in total. The van der Waals surface area contributed by atoms with Gasteiger partial charge in [-0.3, -0.25) is 0 Å². The summed E-state index contributed by atoms with van der Waals surface area (Å²) in [5.74, 6) is 0.889. The van der Waals surface area contributed by atoms with E-state index in [1.807, 2.05) is 36.4 Å². The van der Waals surface area contributed by atoms with Gasteiger partial charge in [0.05, 0.1) is 13.2 Å². The van der Waals surface area contributed by atoms with Crippen molar-refractivity contribution >= 4 is 23.2 Å². The molecule has 0 amide bonds. The maximum absolute atomic E-state index is 6.03. The average molecular weight is 309 g/mol. The fraction of sp³-hybridized carbons (Fsp3) is 0.294. The fourth-order valence-electron chi connectivity index (χ4n) is 2.07. The maximum atomic E-state index is 6.03. The van der Waals surface area contributed by atoms with Crippen LogP contribution in [0.4, 0.5) is 0 Å². The van der Waals surface area contributed by atoms with E-state index in [0.717, 1.165) is 11.4 Å². The summed E-state index contributed by atoms with van der Waals surface area (Å²) in [6.45, 7) is 1.29. The third kappa shape index (κ3) is 5.16. The average Bonchev–Trinajstić information content (AvgIpc) is 2.47. The van der Waals surface area contributed by atoms with E-state index in [9.17, 15) is 0 Å². The number of alkyl halides is 1. The summed E-state index contributed by atoms with van der Waals surface area (Å²) < 4.78 is 5.76. The van der Waals surface area contributed by atoms with Crippen molar-refractivity contribution in [1.29, 1.82) is 0 Å². The van der Waals surface area contributed by atoms with Crippen LogP contribution in [-0.4, -0.2) is 12.5 Å². The SMILES string of the molecule is ClCC(COCc1ccccc1)Cc1cccc(Cl)c1. The van der Waals surface area contributed by atoms with E-state index in [2.05, 4.69) is 18.2 Å². The van der Waals surface area contributed by atoms with E-state index in [0.29, 0.717) is 25.0 Å². The lowest BCUT2D eigenvalue weighted by molar-refractivity contribution is 0.0931. The third-order valence-electron chi connectivity index (χ3n) is 3.10. The molecular weight excluding hydrogens is 291 g/mol. The van der Waals surface area contributed by atoms with Crippen LogP contribution in [-0.2, 0) is 17.8 Å². The first-order valence-corrected chi connectivity index (χ1v) is 7.61. The second kappa shape index (κ2) is 8.31. The minimum absolute atomic E-state index is 0.304. The van der Waals surface area contributed by atoms with Gasteiger partial charge in [0.15, 0.2) is 0 Å². The molecule has 0 aromatic heterocycles. The summed E-state index contributed by atoms with van der Waals surface area (Å²) in [6.07, 6.45) is 0.888. The van der Waals surface area contributed by atoms with Crippen molar-refractivity contribution in [2.24, 2.45) is 5.92 Å². The molecule has 0 radical (unpaired) electrons. The zero-order valence-electron chi connectivity index (χ0n) is 11.3. The van der Waals surface area contributed by atoms with Crippen molar-refractivity contribution < 1.29 is 4.74 Å². The van der Waals surface area contributed by atoms with Crippen LogP contribution in [0.3, 0.4) is 0 Å². The molecule has 0 bridgehead atoms. The standard InChI is InChI=1S/C17H18Cl2O/c18-11-16(9-15-7-4-8-17(19)10-15)13-20-12-14-5-2-1-3-6-14/h1-8,10,16H,9,11-13H2. The van der Waals surface area contributed by atoms with Gasteiger partial charge in [0, 0.05) is 10.9 Å². The molecule has 2 rings (SSSR count). The highest BCUT2D eigenvalue weighted by atomic mass is 35.5. The molecule has 0 aliphatic carbocycles. The molecule has 0 aliphatic rings. The topological polar surface area (TPSA) is 9.23 Å². The Morgan fingerprint density at radius 2 is 1.70 bits per heavy atom. The molecule has 1 atom stereocenters. The molecule has 0 aliphatic heterocycles. The minimum atomic E-state index is 0.304. The van der Waals surface area contributed by atoms with Gasteiger partial charge in [-0.2, -0.15) is 0 Å². The highest BCUT2D eigenvalue weighted by Gasteiger charge is 2.09. The van der Waals surface area contributed by atoms with Crippen molar-refractivity contribution in [1.82, 2.24) is 0 Å². The first-order chi connectivity index (χ1) is 9.78. The van der Waals surface area contributed by atoms with Crippen molar-refractivity contribution in [3.8, 4) is 0 Å². The minimum Gasteiger partial charge on any atom is -0.376 e. The molecule has 0 saturated carbocycles. The van der Waals surface area contributed by atoms with E-state index in [4.69, 9.17) is 27.9 Å². The summed E-state index contributed by atoms with van der Waals surface area (Å²) in [4.78, 5) is 0. The third-order valence-corrected chi connectivity index (χ3v) is 3.77. The Morgan fingerprint density at radius 1 is 0.950 bits per heavy atom. The highest BCUT2D eigenvalue weighted by Crippen LogP contribution is 2.16. The number of hydrogen-bond donors (Lipinski definition) is 0. The number of benzene rings is 2. The van der Waals surface area contributed by atoms with Crippen molar-refractivity contribution in [3.05, 3.63) is 70.7 Å². The summed E-state index contributed by atoms with van der Waals surface area (Å²) in [6, 6.07) is 18.1. The van der Waals surface area contributed by atoms with Gasteiger partial charge in [-0.15, -0.1) is 11.6 Å². The Hall–Kier alpha value is -1.02. The predicted octanol–water partition coefficient (Wildman–Crippen LogP) is 4.95. The largest absolute Gasteiger partial charge is 0.376 e. The molecule has 2 aromatic rings. The molecule has 0 heterocycles. The Kier molecular flexibility index (Phi) is 6.38. The van der Waals surface area contributed by atoms with Gasteiger partial charge in [-0.1, -0.05) is 54.1 Å². The number of ether oxygens (including phenoxy) is 1. The van der Waals surface area contributed by atoms with E-state index < -0.39 is 0 Å². The fourth-order valence-corrected chi connectivity index (χ4v) is 2.48. The van der Waals surface area contributed by atoms with E-state index in [-0.39, 0.29) is 0 Å². The predicted molar refractivity (Wildman–Crippen MR) is 85.5 cm³/mol. The van der Waals surface area contributed by atoms with Crippen LogP contribution in [0.1, 0.15) is 11.1 Å². The van der Waals surface area contributed by atoms with Crippen LogP contribution in [0.25, 0.3) is 0 Å². The van der Waals surface area contributed by atoms with Crippen molar-refractivity contribution in [3.63, 3.8) is 0 Å². The van der Waals surface area contributed by atoms with Crippen LogP contribution in [0, 0.1) is 5.92 Å². The highest BCUT2D eigenvalue weighted by molar-refractivity contribution is 6.30. The lowest BCUT2D eigenvalue weighted by Crippen LogP contribution is -2.14. The second-order valence-corrected chi connectivity index (χ2v) is 5.60. The summed E-state index contributed by atoms with van der Waals surface area (Å²) in [7, 11) is 0. The molecule has 3 heteroatoms. The van der Waals surface area contributed by atoms with Crippen LogP contribution >= 0.6 is 23.2 Å². The summed E-state index contributed by atoms with van der Waals surface area (Å²) in [5.41, 5.74) is 2.38. The van der Waals surface area contributed by atoms with Crippen LogP contribution in [0.5, 0.6) is 0 Å². The van der Waals surface area contributed by atoms with Gasteiger partial charge in [-0.05, 0) is 35.6 Å².